The molecule has 2 aliphatic heterocycles. The van der Waals surface area contributed by atoms with Crippen LogP contribution in [-0.2, 0) is 14.2 Å². The molecule has 2 aliphatic rings. The first-order valence-electron chi connectivity index (χ1n) is 13.4. The van der Waals surface area contributed by atoms with Crippen LogP contribution in [0.25, 0.3) is 22.3 Å². The molecule has 0 spiro atoms. The Morgan fingerprint density at radius 2 is 1.39 bits per heavy atom. The average molecular weight is 626 g/mol. The molecular formula is C28H33O16+. The Balaban J connectivity index is 1.58. The molecule has 16 heteroatoms. The number of hydrogen-bond donors (Lipinski definition) is 10. The summed E-state index contributed by atoms with van der Waals surface area (Å²) in [5, 5.41) is 102. The molecule has 0 aliphatic carbocycles. The Morgan fingerprint density at radius 1 is 0.727 bits per heavy atom. The van der Waals surface area contributed by atoms with Crippen molar-refractivity contribution in [1.29, 1.82) is 0 Å². The molecule has 1 aromatic heterocycles. The number of methoxy groups -OCH3 is 1. The number of rotatable bonds is 8. The highest BCUT2D eigenvalue weighted by Crippen LogP contribution is 2.42. The van der Waals surface area contributed by atoms with E-state index in [1.807, 2.05) is 0 Å². The molecular weight excluding hydrogens is 592 g/mol. The first-order valence-corrected chi connectivity index (χ1v) is 13.4. The molecule has 44 heavy (non-hydrogen) atoms. The van der Waals surface area contributed by atoms with Crippen LogP contribution >= 0.6 is 0 Å². The van der Waals surface area contributed by atoms with E-state index in [4.69, 9.17) is 28.1 Å². The SMILES string of the molecule is COc1cc(-c2[o+]c3cc(O)cc(O)c3cc2O[C@H]2O[C@H](CO)[C@@H](O)[C@H](O)[C@@H]2O[C@@H]2O[C@H](CO)[C@@H](O)[C@H](O)[C@H]2O)ccc1O. The minimum Gasteiger partial charge on any atom is -0.507 e. The summed E-state index contributed by atoms with van der Waals surface area (Å²) in [6.07, 6.45) is -16.9. The largest absolute Gasteiger partial charge is 0.507 e. The van der Waals surface area contributed by atoms with E-state index >= 15 is 0 Å². The fraction of sp³-hybridized carbons (Fsp3) is 0.464. The maximum Gasteiger partial charge on any atom is 0.402 e. The maximum atomic E-state index is 11.0. The van der Waals surface area contributed by atoms with Crippen molar-refractivity contribution in [3.8, 4) is 40.1 Å². The first kappa shape index (κ1) is 31.9. The van der Waals surface area contributed by atoms with Crippen LogP contribution in [0.5, 0.6) is 28.7 Å². The molecule has 2 saturated heterocycles. The van der Waals surface area contributed by atoms with Crippen molar-refractivity contribution in [2.45, 2.75) is 61.4 Å². The number of hydrogen-bond acceptors (Lipinski definition) is 15. The Kier molecular flexibility index (Phi) is 9.28. The summed E-state index contributed by atoms with van der Waals surface area (Å²) in [6.45, 7) is -1.53. The summed E-state index contributed by atoms with van der Waals surface area (Å²) in [5.74, 6) is -1.07. The van der Waals surface area contributed by atoms with Gasteiger partial charge in [0.05, 0.1) is 32.0 Å². The summed E-state index contributed by atoms with van der Waals surface area (Å²) in [4.78, 5) is 0. The Morgan fingerprint density at radius 3 is 2.05 bits per heavy atom. The molecule has 240 valence electrons. The third-order valence-electron chi connectivity index (χ3n) is 7.47. The van der Waals surface area contributed by atoms with Crippen LogP contribution in [0.4, 0.5) is 0 Å². The third kappa shape index (κ3) is 5.92. The van der Waals surface area contributed by atoms with E-state index < -0.39 is 80.4 Å². The number of aliphatic hydroxyl groups is 7. The summed E-state index contributed by atoms with van der Waals surface area (Å²) >= 11 is 0. The summed E-state index contributed by atoms with van der Waals surface area (Å²) in [6, 6.07) is 7.73. The van der Waals surface area contributed by atoms with E-state index in [-0.39, 0.29) is 45.3 Å². The molecule has 10 atom stereocenters. The Bertz CT molecular complexity index is 1470. The van der Waals surface area contributed by atoms with Crippen LogP contribution in [-0.4, -0.2) is 133 Å². The van der Waals surface area contributed by atoms with E-state index in [2.05, 4.69) is 0 Å². The van der Waals surface area contributed by atoms with Crippen molar-refractivity contribution in [2.24, 2.45) is 0 Å². The van der Waals surface area contributed by atoms with E-state index in [0.717, 1.165) is 6.07 Å². The lowest BCUT2D eigenvalue weighted by atomic mass is 9.97. The van der Waals surface area contributed by atoms with Crippen LogP contribution in [0.2, 0.25) is 0 Å². The van der Waals surface area contributed by atoms with Gasteiger partial charge >= 0.3 is 11.3 Å². The number of fused-ring (bicyclic) bond motifs is 1. The number of phenolic OH excluding ortho intramolecular Hbond substituents is 3. The highest BCUT2D eigenvalue weighted by atomic mass is 16.8. The fourth-order valence-electron chi connectivity index (χ4n) is 5.05. The summed E-state index contributed by atoms with van der Waals surface area (Å²) in [7, 11) is 1.32. The number of phenols is 3. The number of ether oxygens (including phenoxy) is 5. The zero-order valence-corrected chi connectivity index (χ0v) is 23.1. The first-order chi connectivity index (χ1) is 21.0. The molecule has 16 nitrogen and oxygen atoms in total. The van der Waals surface area contributed by atoms with Crippen molar-refractivity contribution >= 4 is 11.0 Å². The molecule has 0 unspecified atom stereocenters. The van der Waals surface area contributed by atoms with Crippen molar-refractivity contribution in [1.82, 2.24) is 0 Å². The van der Waals surface area contributed by atoms with Gasteiger partial charge in [-0.1, -0.05) is 0 Å². The zero-order chi connectivity index (χ0) is 31.9. The van der Waals surface area contributed by atoms with Crippen LogP contribution < -0.4 is 9.47 Å². The monoisotopic (exact) mass is 625 g/mol. The highest BCUT2D eigenvalue weighted by molar-refractivity contribution is 5.88. The van der Waals surface area contributed by atoms with Gasteiger partial charge in [-0.25, -0.2) is 4.42 Å². The molecule has 0 amide bonds. The highest BCUT2D eigenvalue weighted by Gasteiger charge is 2.51. The van der Waals surface area contributed by atoms with Crippen LogP contribution in [0.15, 0.2) is 40.8 Å². The van der Waals surface area contributed by atoms with Crippen LogP contribution in [0, 0.1) is 0 Å². The van der Waals surface area contributed by atoms with Crippen molar-refractivity contribution in [3.63, 3.8) is 0 Å². The van der Waals surface area contributed by atoms with Gasteiger partial charge in [0.15, 0.2) is 23.9 Å². The second-order valence-corrected chi connectivity index (χ2v) is 10.3. The molecule has 0 bridgehead atoms. The maximum absolute atomic E-state index is 11.0. The number of aromatic hydroxyl groups is 3. The van der Waals surface area contributed by atoms with Crippen LogP contribution in [0.3, 0.4) is 0 Å². The van der Waals surface area contributed by atoms with Gasteiger partial charge in [0, 0.05) is 18.2 Å². The van der Waals surface area contributed by atoms with Crippen molar-refractivity contribution in [2.75, 3.05) is 20.3 Å². The minimum absolute atomic E-state index is 0.0132. The van der Waals surface area contributed by atoms with Crippen molar-refractivity contribution < 1.29 is 79.2 Å². The molecule has 0 saturated carbocycles. The lowest BCUT2D eigenvalue weighted by Gasteiger charge is -2.45. The van der Waals surface area contributed by atoms with Gasteiger partial charge in [0.2, 0.25) is 12.0 Å². The predicted molar refractivity (Wildman–Crippen MR) is 145 cm³/mol. The smallest absolute Gasteiger partial charge is 0.402 e. The topological polar surface area (TPSA) is 260 Å². The minimum atomic E-state index is -1.88. The molecule has 0 radical (unpaired) electrons. The van der Waals surface area contributed by atoms with Crippen molar-refractivity contribution in [3.05, 3.63) is 36.4 Å². The lowest BCUT2D eigenvalue weighted by molar-refractivity contribution is -0.357. The van der Waals surface area contributed by atoms with Gasteiger partial charge < -0.3 is 74.7 Å². The second-order valence-electron chi connectivity index (χ2n) is 10.3. The zero-order valence-electron chi connectivity index (χ0n) is 23.1. The quantitative estimate of drug-likeness (QED) is 0.128. The summed E-state index contributed by atoms with van der Waals surface area (Å²) < 4.78 is 34.1. The molecule has 2 fully saturated rings. The summed E-state index contributed by atoms with van der Waals surface area (Å²) in [5.41, 5.74) is 0.278. The van der Waals surface area contributed by atoms with Gasteiger partial charge in [-0.3, -0.25) is 0 Å². The van der Waals surface area contributed by atoms with Crippen LogP contribution in [0.1, 0.15) is 0 Å². The van der Waals surface area contributed by atoms with Gasteiger partial charge in [-0.05, 0) is 12.1 Å². The Labute approximate surface area is 248 Å². The molecule has 3 heterocycles. The number of benzene rings is 2. The van der Waals surface area contributed by atoms with Gasteiger partial charge in [-0.15, -0.1) is 0 Å². The van der Waals surface area contributed by atoms with Gasteiger partial charge in [0.25, 0.3) is 0 Å². The van der Waals surface area contributed by atoms with Gasteiger partial charge in [0.1, 0.15) is 59.6 Å². The molecule has 5 rings (SSSR count). The normalized spacial score (nSPS) is 32.5. The third-order valence-corrected chi connectivity index (χ3v) is 7.47. The lowest BCUT2D eigenvalue weighted by Crippen LogP contribution is -2.65. The van der Waals surface area contributed by atoms with E-state index in [1.54, 1.807) is 0 Å². The molecule has 2 aromatic carbocycles. The average Bonchev–Trinajstić information content (AvgIpc) is 3.00. The standard InChI is InChI=1S/C28H32O16/c1-39-16-4-10(2-3-13(16)32)25-17(7-12-14(33)5-11(31)6-15(12)40-25)41-28-26(23(37)21(35)19(9-30)43-28)44-27-24(38)22(36)20(34)18(8-29)42-27/h2-7,18-24,26-30,34-38H,8-9H2,1H3,(H2-,31,32,33)/p+1/t18-,19-,20-,21-,22+,23+,24-,26+,27+,28+/m1/s1. The molecule has 10 N–H and O–H groups in total. The fourth-order valence-corrected chi connectivity index (χ4v) is 5.05. The number of aliphatic hydroxyl groups excluding tert-OH is 7. The van der Waals surface area contributed by atoms with E-state index in [1.165, 1.54) is 37.4 Å². The predicted octanol–water partition coefficient (Wildman–Crippen LogP) is -1.49. The van der Waals surface area contributed by atoms with E-state index in [0.29, 0.717) is 0 Å². The van der Waals surface area contributed by atoms with Gasteiger partial charge in [-0.2, -0.15) is 0 Å². The molecule has 3 aromatic rings. The second kappa shape index (κ2) is 12.8. The Hall–Kier alpha value is -3.55. The van der Waals surface area contributed by atoms with E-state index in [9.17, 15) is 51.1 Å².